The molecule has 0 aliphatic rings. The maximum absolute atomic E-state index is 5.03. The molecule has 0 N–H and O–H groups in total. The zero-order chi connectivity index (χ0) is 8.27. The Morgan fingerprint density at radius 1 is 1.18 bits per heavy atom. The molecule has 0 saturated carbocycles. The van der Waals surface area contributed by atoms with Crippen LogP contribution in [0.15, 0.2) is 16.6 Å². The van der Waals surface area contributed by atoms with Gasteiger partial charge in [0.15, 0.2) is 0 Å². The number of ether oxygens (including phenoxy) is 2. The summed E-state index contributed by atoms with van der Waals surface area (Å²) < 4.78 is 10.9. The summed E-state index contributed by atoms with van der Waals surface area (Å²) in [6, 6.07) is 6.38. The van der Waals surface area contributed by atoms with E-state index < -0.39 is 0 Å². The quantitative estimate of drug-likeness (QED) is 0.754. The molecule has 0 unspecified atom stereocenters. The molecule has 0 spiro atoms. The fraction of sp³-hybridized carbons (Fsp3) is 0.250. The van der Waals surface area contributed by atoms with Crippen LogP contribution in [0.5, 0.6) is 11.5 Å². The van der Waals surface area contributed by atoms with Crippen molar-refractivity contribution in [3.8, 4) is 11.5 Å². The van der Waals surface area contributed by atoms with Crippen LogP contribution in [0, 0.1) is 6.07 Å². The van der Waals surface area contributed by atoms with E-state index in [0.29, 0.717) is 0 Å². The van der Waals surface area contributed by atoms with Crippen LogP contribution in [0.4, 0.5) is 0 Å². The molecule has 0 aromatic heterocycles. The summed E-state index contributed by atoms with van der Waals surface area (Å²) in [7, 11) is 3.21. The molecule has 11 heavy (non-hydrogen) atoms. The molecular weight excluding hydrogens is 208 g/mol. The third-order valence-electron chi connectivity index (χ3n) is 1.30. The number of benzene rings is 1. The first-order valence-corrected chi connectivity index (χ1v) is 3.86. The van der Waals surface area contributed by atoms with Gasteiger partial charge >= 0.3 is 0 Å². The Kier molecular flexibility index (Phi) is 2.76. The third-order valence-corrected chi connectivity index (χ3v) is 2.08. The van der Waals surface area contributed by atoms with E-state index in [4.69, 9.17) is 9.47 Å². The van der Waals surface area contributed by atoms with Crippen LogP contribution in [0.1, 0.15) is 0 Å². The summed E-state index contributed by atoms with van der Waals surface area (Å²) in [6.45, 7) is 0. The minimum atomic E-state index is 0.726. The molecule has 1 aromatic rings. The van der Waals surface area contributed by atoms with Crippen molar-refractivity contribution in [1.29, 1.82) is 0 Å². The van der Waals surface area contributed by atoms with Crippen molar-refractivity contribution in [3.63, 3.8) is 0 Å². The smallest absolute Gasteiger partial charge is 0.137 e. The molecular formula is C8H8BrO2. The highest BCUT2D eigenvalue weighted by Crippen LogP contribution is 2.33. The normalized spacial score (nSPS) is 9.36. The highest BCUT2D eigenvalue weighted by molar-refractivity contribution is 9.10. The van der Waals surface area contributed by atoms with E-state index in [9.17, 15) is 0 Å². The van der Waals surface area contributed by atoms with Crippen molar-refractivity contribution >= 4 is 15.9 Å². The SMILES string of the molecule is COc1c[c]cc(OC)c1Br. The molecule has 0 bridgehead atoms. The molecule has 0 aliphatic carbocycles. The van der Waals surface area contributed by atoms with Gasteiger partial charge in [0, 0.05) is 0 Å². The summed E-state index contributed by atoms with van der Waals surface area (Å²) in [4.78, 5) is 0. The van der Waals surface area contributed by atoms with Gasteiger partial charge in [0.1, 0.15) is 16.0 Å². The van der Waals surface area contributed by atoms with Gasteiger partial charge < -0.3 is 9.47 Å². The Balaban J connectivity index is 3.10. The van der Waals surface area contributed by atoms with E-state index in [0.717, 1.165) is 16.0 Å². The van der Waals surface area contributed by atoms with Crippen molar-refractivity contribution < 1.29 is 9.47 Å². The number of rotatable bonds is 2. The molecule has 0 atom stereocenters. The summed E-state index contributed by atoms with van der Waals surface area (Å²) in [6.07, 6.45) is 0. The fourth-order valence-corrected chi connectivity index (χ4v) is 1.29. The standard InChI is InChI=1S/C8H8BrO2/c1-10-6-4-3-5-7(11-2)8(6)9/h4-5H,1-2H3. The second-order valence-corrected chi connectivity index (χ2v) is 2.70. The van der Waals surface area contributed by atoms with Gasteiger partial charge in [0.25, 0.3) is 0 Å². The molecule has 0 fully saturated rings. The van der Waals surface area contributed by atoms with Gasteiger partial charge in [-0.15, -0.1) is 0 Å². The van der Waals surface area contributed by atoms with Crippen LogP contribution < -0.4 is 9.47 Å². The minimum Gasteiger partial charge on any atom is -0.495 e. The molecule has 0 amide bonds. The molecule has 0 heterocycles. The van der Waals surface area contributed by atoms with Crippen molar-refractivity contribution in [2.24, 2.45) is 0 Å². The van der Waals surface area contributed by atoms with Crippen LogP contribution in [0.3, 0.4) is 0 Å². The van der Waals surface area contributed by atoms with Gasteiger partial charge in [-0.3, -0.25) is 0 Å². The minimum absolute atomic E-state index is 0.726. The summed E-state index contributed by atoms with van der Waals surface area (Å²) in [5.41, 5.74) is 0. The Labute approximate surface area is 74.3 Å². The first kappa shape index (κ1) is 8.40. The maximum atomic E-state index is 5.03. The van der Waals surface area contributed by atoms with E-state index in [1.165, 1.54) is 0 Å². The van der Waals surface area contributed by atoms with Gasteiger partial charge in [0.05, 0.1) is 14.2 Å². The second kappa shape index (κ2) is 3.62. The van der Waals surface area contributed by atoms with E-state index in [2.05, 4.69) is 22.0 Å². The summed E-state index contributed by atoms with van der Waals surface area (Å²) >= 11 is 3.33. The van der Waals surface area contributed by atoms with Crippen LogP contribution in [0.25, 0.3) is 0 Å². The number of methoxy groups -OCH3 is 2. The molecule has 1 aromatic carbocycles. The molecule has 3 heteroatoms. The van der Waals surface area contributed by atoms with Gasteiger partial charge in [-0.2, -0.15) is 0 Å². The zero-order valence-corrected chi connectivity index (χ0v) is 7.94. The lowest BCUT2D eigenvalue weighted by molar-refractivity contribution is 0.389. The average Bonchev–Trinajstić information content (AvgIpc) is 2.05. The Morgan fingerprint density at radius 2 is 1.64 bits per heavy atom. The van der Waals surface area contributed by atoms with E-state index in [1.54, 1.807) is 26.4 Å². The lowest BCUT2D eigenvalue weighted by atomic mass is 10.3. The third kappa shape index (κ3) is 1.66. The van der Waals surface area contributed by atoms with E-state index in [1.807, 2.05) is 0 Å². The van der Waals surface area contributed by atoms with Crippen molar-refractivity contribution in [1.82, 2.24) is 0 Å². The topological polar surface area (TPSA) is 18.5 Å². The average molecular weight is 216 g/mol. The first-order valence-electron chi connectivity index (χ1n) is 3.07. The summed E-state index contributed by atoms with van der Waals surface area (Å²) in [5.74, 6) is 1.45. The van der Waals surface area contributed by atoms with Crippen LogP contribution in [-0.2, 0) is 0 Å². The highest BCUT2D eigenvalue weighted by Gasteiger charge is 2.04. The lowest BCUT2D eigenvalue weighted by Gasteiger charge is -2.06. The van der Waals surface area contributed by atoms with Gasteiger partial charge in [-0.25, -0.2) is 0 Å². The predicted molar refractivity (Wildman–Crippen MR) is 46.1 cm³/mol. The summed E-state index contributed by atoms with van der Waals surface area (Å²) in [5, 5.41) is 0. The van der Waals surface area contributed by atoms with Crippen LogP contribution in [0.2, 0.25) is 0 Å². The zero-order valence-electron chi connectivity index (χ0n) is 6.35. The van der Waals surface area contributed by atoms with Crippen molar-refractivity contribution in [2.45, 2.75) is 0 Å². The first-order chi connectivity index (χ1) is 5.29. The van der Waals surface area contributed by atoms with Gasteiger partial charge in [0.2, 0.25) is 0 Å². The lowest BCUT2D eigenvalue weighted by Crippen LogP contribution is -1.88. The molecule has 2 nitrogen and oxygen atoms in total. The Hall–Kier alpha value is -0.700. The number of hydrogen-bond acceptors (Lipinski definition) is 2. The second-order valence-electron chi connectivity index (χ2n) is 1.91. The highest BCUT2D eigenvalue weighted by atomic mass is 79.9. The molecule has 1 rings (SSSR count). The maximum Gasteiger partial charge on any atom is 0.137 e. The van der Waals surface area contributed by atoms with Crippen molar-refractivity contribution in [2.75, 3.05) is 14.2 Å². The Morgan fingerprint density at radius 3 is 2.00 bits per heavy atom. The Bertz CT molecular complexity index is 226. The molecule has 59 valence electrons. The van der Waals surface area contributed by atoms with Gasteiger partial charge in [-0.05, 0) is 34.1 Å². The number of hydrogen-bond donors (Lipinski definition) is 0. The molecule has 0 saturated heterocycles. The fourth-order valence-electron chi connectivity index (χ4n) is 0.738. The van der Waals surface area contributed by atoms with Crippen molar-refractivity contribution in [3.05, 3.63) is 22.7 Å². The van der Waals surface area contributed by atoms with Crippen LogP contribution >= 0.6 is 15.9 Å². The van der Waals surface area contributed by atoms with Crippen LogP contribution in [-0.4, -0.2) is 14.2 Å². The predicted octanol–water partition coefficient (Wildman–Crippen LogP) is 2.27. The molecule has 0 aliphatic heterocycles. The van der Waals surface area contributed by atoms with E-state index in [-0.39, 0.29) is 0 Å². The largest absolute Gasteiger partial charge is 0.495 e. The number of halogens is 1. The molecule has 1 radical (unpaired) electrons. The monoisotopic (exact) mass is 215 g/mol. The van der Waals surface area contributed by atoms with E-state index >= 15 is 0 Å². The van der Waals surface area contributed by atoms with Gasteiger partial charge in [-0.1, -0.05) is 0 Å².